The third kappa shape index (κ3) is 1.81. The van der Waals surface area contributed by atoms with Crippen molar-refractivity contribution in [2.24, 2.45) is 0 Å². The summed E-state index contributed by atoms with van der Waals surface area (Å²) in [5.41, 5.74) is 1.57. The highest BCUT2D eigenvalue weighted by atomic mass is 35.5. The highest BCUT2D eigenvalue weighted by molar-refractivity contribution is 6.31. The molecule has 4 rings (SSSR count). The van der Waals surface area contributed by atoms with E-state index in [0.717, 1.165) is 35.7 Å². The molecule has 0 unspecified atom stereocenters. The second-order valence-electron chi connectivity index (χ2n) is 4.96. The minimum Gasteiger partial charge on any atom is -0.324 e. The van der Waals surface area contributed by atoms with Crippen molar-refractivity contribution in [3.8, 4) is 11.4 Å². The summed E-state index contributed by atoms with van der Waals surface area (Å²) in [4.78, 5) is 16.4. The number of carbonyl (C=O) groups is 1. The molecule has 1 amide bonds. The van der Waals surface area contributed by atoms with Crippen molar-refractivity contribution in [1.82, 2.24) is 14.8 Å². The van der Waals surface area contributed by atoms with E-state index in [1.807, 2.05) is 6.07 Å². The van der Waals surface area contributed by atoms with Gasteiger partial charge in [-0.15, -0.1) is 0 Å². The van der Waals surface area contributed by atoms with Crippen LogP contribution in [0.25, 0.3) is 11.4 Å². The molecule has 96 valence electrons. The third-order valence-electron chi connectivity index (χ3n) is 3.42. The zero-order chi connectivity index (χ0) is 13.0. The van der Waals surface area contributed by atoms with E-state index in [-0.39, 0.29) is 12.5 Å². The Morgan fingerprint density at radius 2 is 2.21 bits per heavy atom. The number of hydrogen-bond acceptors (Lipinski definition) is 3. The summed E-state index contributed by atoms with van der Waals surface area (Å²) in [6.45, 7) is 0.196. The number of fused-ring (bicyclic) bond motifs is 3. The first-order valence-corrected chi connectivity index (χ1v) is 6.63. The number of benzene rings is 1. The van der Waals surface area contributed by atoms with E-state index in [2.05, 4.69) is 15.4 Å². The first-order valence-electron chi connectivity index (χ1n) is 6.25. The van der Waals surface area contributed by atoms with Gasteiger partial charge in [0.15, 0.2) is 11.6 Å². The van der Waals surface area contributed by atoms with E-state index < -0.39 is 0 Å². The molecular weight excluding hydrogens is 264 g/mol. The molecule has 0 atom stereocenters. The van der Waals surface area contributed by atoms with Gasteiger partial charge >= 0.3 is 0 Å². The van der Waals surface area contributed by atoms with Crippen molar-refractivity contribution in [2.45, 2.75) is 25.3 Å². The van der Waals surface area contributed by atoms with E-state index in [4.69, 9.17) is 11.6 Å². The standard InChI is InChI=1S/C13H11ClN4O/c14-8-3-4-10-9(5-8)13-16-12(7-1-2-7)17-18(13)6-11(19)15-10/h3-5,7H,1-2,6H2,(H,15,19). The maximum atomic E-state index is 11.9. The zero-order valence-electron chi connectivity index (χ0n) is 10.1. The lowest BCUT2D eigenvalue weighted by molar-refractivity contribution is -0.116. The lowest BCUT2D eigenvalue weighted by atomic mass is 10.1. The monoisotopic (exact) mass is 274 g/mol. The highest BCUT2D eigenvalue weighted by Gasteiger charge is 2.31. The maximum Gasteiger partial charge on any atom is 0.246 e. The SMILES string of the molecule is O=C1Cn2nc(C3CC3)nc2-c2cc(Cl)ccc2N1. The fraction of sp³-hybridized carbons (Fsp3) is 0.308. The second kappa shape index (κ2) is 3.81. The van der Waals surface area contributed by atoms with Crippen molar-refractivity contribution < 1.29 is 4.79 Å². The van der Waals surface area contributed by atoms with E-state index in [9.17, 15) is 4.79 Å². The number of nitrogens with one attached hydrogen (secondary N) is 1. The molecule has 1 N–H and O–H groups in total. The van der Waals surface area contributed by atoms with Crippen molar-refractivity contribution in [2.75, 3.05) is 5.32 Å². The van der Waals surface area contributed by atoms with E-state index >= 15 is 0 Å². The summed E-state index contributed by atoms with van der Waals surface area (Å²) in [6, 6.07) is 5.38. The van der Waals surface area contributed by atoms with Crippen LogP contribution in [0.4, 0.5) is 5.69 Å². The predicted octanol–water partition coefficient (Wildman–Crippen LogP) is 2.43. The lowest BCUT2D eigenvalue weighted by Gasteiger charge is -2.05. The summed E-state index contributed by atoms with van der Waals surface area (Å²) in [5, 5.41) is 7.92. The maximum absolute atomic E-state index is 11.9. The summed E-state index contributed by atoms with van der Waals surface area (Å²) < 4.78 is 1.67. The van der Waals surface area contributed by atoms with Gasteiger partial charge in [-0.05, 0) is 31.0 Å². The van der Waals surface area contributed by atoms with Crippen LogP contribution in [-0.4, -0.2) is 20.7 Å². The number of rotatable bonds is 1. The smallest absolute Gasteiger partial charge is 0.246 e. The molecule has 0 spiro atoms. The fourth-order valence-corrected chi connectivity index (χ4v) is 2.49. The van der Waals surface area contributed by atoms with Crippen molar-refractivity contribution in [3.05, 3.63) is 29.0 Å². The minimum atomic E-state index is -0.0884. The molecule has 1 aliphatic heterocycles. The fourth-order valence-electron chi connectivity index (χ4n) is 2.32. The van der Waals surface area contributed by atoms with Crippen LogP contribution >= 0.6 is 11.6 Å². The molecular formula is C13H11ClN4O. The minimum absolute atomic E-state index is 0.0884. The van der Waals surface area contributed by atoms with Crippen LogP contribution in [0.15, 0.2) is 18.2 Å². The van der Waals surface area contributed by atoms with Gasteiger partial charge < -0.3 is 5.32 Å². The molecule has 1 fully saturated rings. The Bertz CT molecular complexity index is 690. The van der Waals surface area contributed by atoms with E-state index in [1.54, 1.807) is 16.8 Å². The van der Waals surface area contributed by atoms with E-state index in [0.29, 0.717) is 10.9 Å². The molecule has 2 heterocycles. The van der Waals surface area contributed by atoms with Gasteiger partial charge in [-0.25, -0.2) is 9.67 Å². The van der Waals surface area contributed by atoms with Gasteiger partial charge in [-0.3, -0.25) is 4.79 Å². The summed E-state index contributed by atoms with van der Waals surface area (Å²) in [6.07, 6.45) is 2.27. The predicted molar refractivity (Wildman–Crippen MR) is 71.1 cm³/mol. The van der Waals surface area contributed by atoms with Crippen LogP contribution < -0.4 is 5.32 Å². The Labute approximate surface area is 114 Å². The Hall–Kier alpha value is -1.88. The molecule has 6 heteroatoms. The summed E-state index contributed by atoms with van der Waals surface area (Å²) >= 11 is 6.04. The van der Waals surface area contributed by atoms with Crippen molar-refractivity contribution >= 4 is 23.2 Å². The van der Waals surface area contributed by atoms with Gasteiger partial charge in [0.1, 0.15) is 6.54 Å². The van der Waals surface area contributed by atoms with Crippen LogP contribution in [0.3, 0.4) is 0 Å². The molecule has 1 saturated carbocycles. The topological polar surface area (TPSA) is 59.8 Å². The Kier molecular flexibility index (Phi) is 2.20. The molecule has 0 bridgehead atoms. The number of anilines is 1. The number of halogens is 1. The van der Waals surface area contributed by atoms with Crippen LogP contribution in [-0.2, 0) is 11.3 Å². The van der Waals surface area contributed by atoms with Gasteiger partial charge in [0.2, 0.25) is 5.91 Å². The molecule has 1 aliphatic carbocycles. The largest absolute Gasteiger partial charge is 0.324 e. The van der Waals surface area contributed by atoms with Crippen molar-refractivity contribution in [1.29, 1.82) is 0 Å². The lowest BCUT2D eigenvalue weighted by Crippen LogP contribution is -2.17. The first-order chi connectivity index (χ1) is 9.20. The molecule has 1 aromatic carbocycles. The Morgan fingerprint density at radius 1 is 1.37 bits per heavy atom. The van der Waals surface area contributed by atoms with Gasteiger partial charge in [0.25, 0.3) is 0 Å². The molecule has 1 aromatic heterocycles. The van der Waals surface area contributed by atoms with Gasteiger partial charge in [-0.2, -0.15) is 5.10 Å². The van der Waals surface area contributed by atoms with Crippen LogP contribution in [0, 0.1) is 0 Å². The normalized spacial score (nSPS) is 17.4. The number of carbonyl (C=O) groups excluding carboxylic acids is 1. The average molecular weight is 275 g/mol. The molecule has 2 aliphatic rings. The Morgan fingerprint density at radius 3 is 3.00 bits per heavy atom. The van der Waals surface area contributed by atoms with Crippen molar-refractivity contribution in [3.63, 3.8) is 0 Å². The van der Waals surface area contributed by atoms with Crippen LogP contribution in [0.2, 0.25) is 5.02 Å². The van der Waals surface area contributed by atoms with Gasteiger partial charge in [0.05, 0.1) is 5.69 Å². The average Bonchev–Trinajstić information content (AvgIpc) is 3.15. The summed E-state index contributed by atoms with van der Waals surface area (Å²) in [5.74, 6) is 1.94. The Balaban J connectivity index is 1.93. The molecule has 0 saturated heterocycles. The van der Waals surface area contributed by atoms with E-state index in [1.165, 1.54) is 0 Å². The number of amides is 1. The summed E-state index contributed by atoms with van der Waals surface area (Å²) in [7, 11) is 0. The van der Waals surface area contributed by atoms with Crippen LogP contribution in [0.1, 0.15) is 24.6 Å². The molecule has 19 heavy (non-hydrogen) atoms. The third-order valence-corrected chi connectivity index (χ3v) is 3.66. The van der Waals surface area contributed by atoms with Gasteiger partial charge in [0, 0.05) is 16.5 Å². The number of hydrogen-bond donors (Lipinski definition) is 1. The number of aromatic nitrogens is 3. The second-order valence-corrected chi connectivity index (χ2v) is 5.40. The molecule has 5 nitrogen and oxygen atoms in total. The molecule has 2 aromatic rings. The van der Waals surface area contributed by atoms with Crippen LogP contribution in [0.5, 0.6) is 0 Å². The first kappa shape index (κ1) is 11.0. The van der Waals surface area contributed by atoms with Gasteiger partial charge in [-0.1, -0.05) is 11.6 Å². The number of nitrogens with zero attached hydrogens (tertiary/aromatic N) is 3. The molecule has 0 radical (unpaired) electrons. The highest BCUT2D eigenvalue weighted by Crippen LogP contribution is 2.40. The quantitative estimate of drug-likeness (QED) is 0.869. The zero-order valence-corrected chi connectivity index (χ0v) is 10.8.